The lowest BCUT2D eigenvalue weighted by atomic mass is 10.3. The highest BCUT2D eigenvalue weighted by atomic mass is 16.5. The molecule has 0 aliphatic heterocycles. The second-order valence-corrected chi connectivity index (χ2v) is 4.13. The van der Waals surface area contributed by atoms with Crippen LogP contribution in [0.4, 0.5) is 0 Å². The topological polar surface area (TPSA) is 36.3 Å². The highest BCUT2D eigenvalue weighted by Gasteiger charge is 2.07. The van der Waals surface area contributed by atoms with E-state index >= 15 is 0 Å². The summed E-state index contributed by atoms with van der Waals surface area (Å²) in [5.74, 6) is 1.12. The first-order valence-electron chi connectivity index (χ1n) is 6.37. The van der Waals surface area contributed by atoms with Crippen LogP contribution in [0.1, 0.15) is 12.7 Å². The lowest BCUT2D eigenvalue weighted by molar-refractivity contribution is 0.0667. The Morgan fingerprint density at radius 2 is 2.00 bits per heavy atom. The average Bonchev–Trinajstić information content (AvgIpc) is 2.77. The number of aromatic nitrogens is 2. The Morgan fingerprint density at radius 1 is 1.17 bits per heavy atom. The highest BCUT2D eigenvalue weighted by molar-refractivity contribution is 5.75. The van der Waals surface area contributed by atoms with Gasteiger partial charge in [0, 0.05) is 20.1 Å². The molecule has 0 spiro atoms. The van der Waals surface area contributed by atoms with Gasteiger partial charge in [-0.2, -0.15) is 0 Å². The van der Waals surface area contributed by atoms with Crippen LogP contribution in [0.25, 0.3) is 11.0 Å². The minimum atomic E-state index is 0.643. The van der Waals surface area contributed by atoms with Crippen molar-refractivity contribution in [2.45, 2.75) is 19.9 Å². The maximum atomic E-state index is 5.52. The lowest BCUT2D eigenvalue weighted by Crippen LogP contribution is -2.11. The number of hydrogen-bond acceptors (Lipinski definition) is 3. The van der Waals surface area contributed by atoms with Crippen molar-refractivity contribution in [3.8, 4) is 0 Å². The monoisotopic (exact) mass is 248 g/mol. The first kappa shape index (κ1) is 13.1. The Kier molecular flexibility index (Phi) is 4.73. The van der Waals surface area contributed by atoms with E-state index in [1.807, 2.05) is 12.1 Å². The average molecular weight is 248 g/mol. The van der Waals surface area contributed by atoms with E-state index in [1.54, 1.807) is 7.11 Å². The Balaban J connectivity index is 2.06. The van der Waals surface area contributed by atoms with Crippen molar-refractivity contribution in [2.75, 3.05) is 26.9 Å². The molecule has 0 bridgehead atoms. The van der Waals surface area contributed by atoms with Crippen molar-refractivity contribution in [1.82, 2.24) is 9.55 Å². The molecule has 0 radical (unpaired) electrons. The van der Waals surface area contributed by atoms with Gasteiger partial charge in [0.15, 0.2) is 0 Å². The van der Waals surface area contributed by atoms with Gasteiger partial charge in [-0.25, -0.2) is 4.98 Å². The predicted octanol–water partition coefficient (Wildman–Crippen LogP) is 2.26. The molecule has 0 unspecified atom stereocenters. The molecule has 0 amide bonds. The summed E-state index contributed by atoms with van der Waals surface area (Å²) in [6.45, 7) is 4.95. The molecule has 2 aromatic rings. The molecule has 0 atom stereocenters. The molecule has 0 saturated heterocycles. The third-order valence-electron chi connectivity index (χ3n) is 2.94. The van der Waals surface area contributed by atoms with Crippen LogP contribution in [0, 0.1) is 0 Å². The molecule has 0 N–H and O–H groups in total. The number of ether oxygens (including phenoxy) is 2. The lowest BCUT2D eigenvalue weighted by Gasteiger charge is -2.08. The highest BCUT2D eigenvalue weighted by Crippen LogP contribution is 2.16. The van der Waals surface area contributed by atoms with Crippen LogP contribution in [0.15, 0.2) is 24.3 Å². The summed E-state index contributed by atoms with van der Waals surface area (Å²) in [4.78, 5) is 4.63. The minimum Gasteiger partial charge on any atom is -0.382 e. The quantitative estimate of drug-likeness (QED) is 0.705. The van der Waals surface area contributed by atoms with Gasteiger partial charge in [-0.05, 0) is 12.1 Å². The standard InChI is InChI=1S/C14H20N2O2/c1-3-14-15-12-6-4-5-7-13(12)16(14)8-9-18-11-10-17-2/h4-7H,3,8-11H2,1-2H3. The van der Waals surface area contributed by atoms with E-state index in [9.17, 15) is 0 Å². The summed E-state index contributed by atoms with van der Waals surface area (Å²) in [5, 5.41) is 0. The minimum absolute atomic E-state index is 0.643. The number of methoxy groups -OCH3 is 1. The Hall–Kier alpha value is -1.39. The van der Waals surface area contributed by atoms with Crippen LogP contribution in [-0.4, -0.2) is 36.5 Å². The zero-order valence-electron chi connectivity index (χ0n) is 11.1. The van der Waals surface area contributed by atoms with Crippen LogP contribution in [0.3, 0.4) is 0 Å². The van der Waals surface area contributed by atoms with Gasteiger partial charge >= 0.3 is 0 Å². The number of hydrogen-bond donors (Lipinski definition) is 0. The maximum absolute atomic E-state index is 5.52. The van der Waals surface area contributed by atoms with E-state index in [-0.39, 0.29) is 0 Å². The van der Waals surface area contributed by atoms with Crippen molar-refractivity contribution in [2.24, 2.45) is 0 Å². The second-order valence-electron chi connectivity index (χ2n) is 4.13. The SMILES string of the molecule is CCc1nc2ccccc2n1CCOCCOC. The number of nitrogens with zero attached hydrogens (tertiary/aromatic N) is 2. The first-order valence-corrected chi connectivity index (χ1v) is 6.37. The Bertz CT molecular complexity index is 493. The van der Waals surface area contributed by atoms with Crippen LogP contribution in [0.2, 0.25) is 0 Å². The zero-order valence-corrected chi connectivity index (χ0v) is 11.1. The summed E-state index contributed by atoms with van der Waals surface area (Å²) in [5.41, 5.74) is 2.25. The molecule has 4 nitrogen and oxygen atoms in total. The van der Waals surface area contributed by atoms with E-state index in [4.69, 9.17) is 9.47 Å². The van der Waals surface area contributed by atoms with Gasteiger partial charge < -0.3 is 14.0 Å². The van der Waals surface area contributed by atoms with Crippen molar-refractivity contribution in [3.63, 3.8) is 0 Å². The normalized spacial score (nSPS) is 11.2. The molecule has 2 rings (SSSR count). The van der Waals surface area contributed by atoms with Crippen molar-refractivity contribution in [1.29, 1.82) is 0 Å². The smallest absolute Gasteiger partial charge is 0.109 e. The van der Waals surface area contributed by atoms with E-state index in [2.05, 4.69) is 28.6 Å². The van der Waals surface area contributed by atoms with Gasteiger partial charge in [-0.15, -0.1) is 0 Å². The van der Waals surface area contributed by atoms with E-state index < -0.39 is 0 Å². The third kappa shape index (κ3) is 2.89. The van der Waals surface area contributed by atoms with E-state index in [0.29, 0.717) is 19.8 Å². The van der Waals surface area contributed by atoms with Gasteiger partial charge in [-0.3, -0.25) is 0 Å². The maximum Gasteiger partial charge on any atom is 0.109 e. The fourth-order valence-electron chi connectivity index (χ4n) is 2.04. The molecule has 18 heavy (non-hydrogen) atoms. The molecule has 0 aliphatic rings. The summed E-state index contributed by atoms with van der Waals surface area (Å²) in [6, 6.07) is 8.23. The molecule has 98 valence electrons. The van der Waals surface area contributed by atoms with Crippen LogP contribution >= 0.6 is 0 Å². The molecule has 1 aromatic heterocycles. The fraction of sp³-hybridized carbons (Fsp3) is 0.500. The molecular formula is C14H20N2O2. The fourth-order valence-corrected chi connectivity index (χ4v) is 2.04. The Labute approximate surface area is 108 Å². The number of para-hydroxylation sites is 2. The largest absolute Gasteiger partial charge is 0.382 e. The third-order valence-corrected chi connectivity index (χ3v) is 2.94. The zero-order chi connectivity index (χ0) is 12.8. The van der Waals surface area contributed by atoms with Crippen LogP contribution in [-0.2, 0) is 22.4 Å². The molecule has 1 aromatic carbocycles. The van der Waals surface area contributed by atoms with Gasteiger partial charge in [0.05, 0.1) is 30.9 Å². The molecule has 0 saturated carbocycles. The van der Waals surface area contributed by atoms with Crippen molar-refractivity contribution >= 4 is 11.0 Å². The predicted molar refractivity (Wildman–Crippen MR) is 71.8 cm³/mol. The van der Waals surface area contributed by atoms with E-state index in [0.717, 1.165) is 24.3 Å². The summed E-state index contributed by atoms with van der Waals surface area (Å²) < 4.78 is 12.7. The summed E-state index contributed by atoms with van der Waals surface area (Å²) in [6.07, 6.45) is 0.937. The summed E-state index contributed by atoms with van der Waals surface area (Å²) in [7, 11) is 1.68. The van der Waals surface area contributed by atoms with Crippen LogP contribution < -0.4 is 0 Å². The molecular weight excluding hydrogens is 228 g/mol. The second kappa shape index (κ2) is 6.52. The summed E-state index contributed by atoms with van der Waals surface area (Å²) >= 11 is 0. The van der Waals surface area contributed by atoms with Crippen LogP contribution in [0.5, 0.6) is 0 Å². The van der Waals surface area contributed by atoms with Gasteiger partial charge in [0.25, 0.3) is 0 Å². The number of aryl methyl sites for hydroxylation is 1. The number of imidazole rings is 1. The first-order chi connectivity index (χ1) is 8.86. The van der Waals surface area contributed by atoms with Gasteiger partial charge in [0.1, 0.15) is 5.82 Å². The molecule has 0 fully saturated rings. The molecule has 1 heterocycles. The molecule has 0 aliphatic carbocycles. The van der Waals surface area contributed by atoms with E-state index in [1.165, 1.54) is 5.52 Å². The Morgan fingerprint density at radius 3 is 2.78 bits per heavy atom. The molecule has 4 heteroatoms. The van der Waals surface area contributed by atoms with Crippen molar-refractivity contribution in [3.05, 3.63) is 30.1 Å². The van der Waals surface area contributed by atoms with Crippen molar-refractivity contribution < 1.29 is 9.47 Å². The number of fused-ring (bicyclic) bond motifs is 1. The number of rotatable bonds is 7. The van der Waals surface area contributed by atoms with Gasteiger partial charge in [-0.1, -0.05) is 19.1 Å². The number of benzene rings is 1. The van der Waals surface area contributed by atoms with Gasteiger partial charge in [0.2, 0.25) is 0 Å².